The van der Waals surface area contributed by atoms with Crippen molar-refractivity contribution in [3.63, 3.8) is 0 Å². The zero-order valence-electron chi connectivity index (χ0n) is 17.4. The molecule has 0 amide bonds. The molecule has 2 aliphatic rings. The third-order valence-electron chi connectivity index (χ3n) is 6.34. The number of hydrogen-bond acceptors (Lipinski definition) is 5. The average molecular weight is 402 g/mol. The maximum absolute atomic E-state index is 10.7. The van der Waals surface area contributed by atoms with E-state index < -0.39 is 0 Å². The van der Waals surface area contributed by atoms with E-state index in [1.54, 1.807) is 13.2 Å². The van der Waals surface area contributed by atoms with Gasteiger partial charge in [-0.3, -0.25) is 0 Å². The fraction of sp³-hybridized carbons (Fsp3) is 0.360. The molecular weight excluding hydrogens is 374 g/mol. The van der Waals surface area contributed by atoms with Crippen LogP contribution in [0.3, 0.4) is 0 Å². The molecule has 0 atom stereocenters. The number of methoxy groups -OCH3 is 1. The molecule has 2 N–H and O–H groups in total. The number of phenols is 1. The number of aromatic hydroxyl groups is 1. The minimum Gasteiger partial charge on any atom is -0.507 e. The molecule has 2 saturated carbocycles. The van der Waals surface area contributed by atoms with Crippen molar-refractivity contribution < 1.29 is 9.84 Å². The van der Waals surface area contributed by atoms with Crippen molar-refractivity contribution in [1.82, 2.24) is 10.2 Å². The highest BCUT2D eigenvalue weighted by atomic mass is 16.5. The van der Waals surface area contributed by atoms with Gasteiger partial charge in [0.15, 0.2) is 5.82 Å². The molecule has 0 aliphatic heterocycles. The van der Waals surface area contributed by atoms with Gasteiger partial charge in [0.25, 0.3) is 0 Å². The first-order valence-electron chi connectivity index (χ1n) is 10.6. The minimum atomic E-state index is -0.0532. The molecule has 5 rings (SSSR count). The van der Waals surface area contributed by atoms with Crippen molar-refractivity contribution in [3.8, 4) is 17.0 Å². The Hall–Kier alpha value is -2.92. The summed E-state index contributed by atoms with van der Waals surface area (Å²) in [6, 6.07) is 14.2. The zero-order valence-corrected chi connectivity index (χ0v) is 17.4. The third kappa shape index (κ3) is 3.65. The number of fused-ring (bicyclic) bond motifs is 1. The molecular formula is C25H27N3O2. The molecule has 30 heavy (non-hydrogen) atoms. The molecule has 1 aromatic heterocycles. The smallest absolute Gasteiger partial charge is 0.156 e. The van der Waals surface area contributed by atoms with Gasteiger partial charge in [-0.15, -0.1) is 10.2 Å². The van der Waals surface area contributed by atoms with Gasteiger partial charge in [0, 0.05) is 29.5 Å². The number of benzene rings is 2. The highest BCUT2D eigenvalue weighted by Gasteiger charge is 2.40. The first-order valence-corrected chi connectivity index (χ1v) is 10.6. The first kappa shape index (κ1) is 19.1. The molecule has 2 aliphatic carbocycles. The van der Waals surface area contributed by atoms with E-state index >= 15 is 0 Å². The van der Waals surface area contributed by atoms with Crippen LogP contribution in [0.2, 0.25) is 0 Å². The summed E-state index contributed by atoms with van der Waals surface area (Å²) in [5, 5.41) is 25.2. The Bertz CT molecular complexity index is 1110. The molecule has 2 fully saturated rings. The number of anilines is 1. The van der Waals surface area contributed by atoms with E-state index in [2.05, 4.69) is 34.6 Å². The Morgan fingerprint density at radius 1 is 1.10 bits per heavy atom. The lowest BCUT2D eigenvalue weighted by Crippen LogP contribution is -2.49. The molecule has 0 spiro atoms. The molecule has 0 bridgehead atoms. The topological polar surface area (TPSA) is 67.3 Å². The number of ether oxygens (including phenoxy) is 1. The molecule has 5 nitrogen and oxygen atoms in total. The van der Waals surface area contributed by atoms with Gasteiger partial charge in [-0.05, 0) is 56.2 Å². The van der Waals surface area contributed by atoms with Crippen LogP contribution in [0.5, 0.6) is 5.75 Å². The zero-order chi connectivity index (χ0) is 20.7. The summed E-state index contributed by atoms with van der Waals surface area (Å²) in [5.74, 6) is 1.71. The predicted octanol–water partition coefficient (Wildman–Crippen LogP) is 5.41. The fourth-order valence-corrected chi connectivity index (χ4v) is 4.24. The Kier molecular flexibility index (Phi) is 4.70. The second kappa shape index (κ2) is 7.40. The van der Waals surface area contributed by atoms with Crippen molar-refractivity contribution in [2.45, 2.75) is 44.2 Å². The van der Waals surface area contributed by atoms with Crippen molar-refractivity contribution >= 4 is 22.7 Å². The summed E-state index contributed by atoms with van der Waals surface area (Å²) in [6.07, 6.45) is 8.74. The lowest BCUT2D eigenvalue weighted by Gasteiger charge is -2.44. The molecule has 5 heteroatoms. The molecule has 154 valence electrons. The van der Waals surface area contributed by atoms with Gasteiger partial charge in [0.2, 0.25) is 0 Å². The summed E-state index contributed by atoms with van der Waals surface area (Å²) in [7, 11) is 1.76. The quantitative estimate of drug-likeness (QED) is 0.578. The van der Waals surface area contributed by atoms with Crippen molar-refractivity contribution in [1.29, 1.82) is 0 Å². The molecule has 0 saturated heterocycles. The van der Waals surface area contributed by atoms with Gasteiger partial charge >= 0.3 is 0 Å². The van der Waals surface area contributed by atoms with Crippen molar-refractivity contribution in [2.75, 3.05) is 12.4 Å². The first-order chi connectivity index (χ1) is 14.5. The van der Waals surface area contributed by atoms with Crippen LogP contribution in [0.1, 0.15) is 38.2 Å². The van der Waals surface area contributed by atoms with E-state index in [0.29, 0.717) is 23.2 Å². The highest BCUT2D eigenvalue weighted by molar-refractivity contribution is 6.01. The largest absolute Gasteiger partial charge is 0.507 e. The Labute approximate surface area is 176 Å². The maximum Gasteiger partial charge on any atom is 0.156 e. The molecule has 0 unspecified atom stereocenters. The standard InChI is InChI=1S/C25H27N3O2/c1-25(30-2)14-18(15-25)26-24-20-6-4-3-5-19(20)23(27-28-24)21-12-11-17(13-22(21)29)10-9-16-7-8-16/h3-6,9-13,16,18,29H,7-8,14-15H2,1-2H3,(H,26,28)/b10-9+. The summed E-state index contributed by atoms with van der Waals surface area (Å²) in [5.41, 5.74) is 2.35. The Balaban J connectivity index is 1.46. The van der Waals surface area contributed by atoms with Gasteiger partial charge in [-0.1, -0.05) is 42.5 Å². The van der Waals surface area contributed by atoms with E-state index in [0.717, 1.165) is 35.0 Å². The van der Waals surface area contributed by atoms with E-state index in [1.807, 2.05) is 36.4 Å². The van der Waals surface area contributed by atoms with Crippen LogP contribution in [0.4, 0.5) is 5.82 Å². The SMILES string of the molecule is COC1(C)CC(Nc2nnc(-c3ccc(/C=C/C4CC4)cc3O)c3ccccc23)C1. The number of allylic oxidation sites excluding steroid dienone is 1. The van der Waals surface area contributed by atoms with E-state index in [9.17, 15) is 5.11 Å². The fourth-order valence-electron chi connectivity index (χ4n) is 4.24. The molecule has 1 heterocycles. The number of nitrogens with one attached hydrogen (secondary N) is 1. The molecule has 0 radical (unpaired) electrons. The summed E-state index contributed by atoms with van der Waals surface area (Å²) >= 11 is 0. The maximum atomic E-state index is 10.7. The monoisotopic (exact) mass is 401 g/mol. The normalized spacial score (nSPS) is 23.6. The lowest BCUT2D eigenvalue weighted by atomic mass is 9.77. The van der Waals surface area contributed by atoms with Crippen LogP contribution in [0.15, 0.2) is 48.5 Å². The average Bonchev–Trinajstić information content (AvgIpc) is 3.56. The highest BCUT2D eigenvalue weighted by Crippen LogP contribution is 2.39. The van der Waals surface area contributed by atoms with Crippen LogP contribution in [0.25, 0.3) is 28.1 Å². The summed E-state index contributed by atoms with van der Waals surface area (Å²) in [6.45, 7) is 2.13. The Morgan fingerprint density at radius 3 is 2.57 bits per heavy atom. The number of rotatable bonds is 6. The van der Waals surface area contributed by atoms with Crippen LogP contribution in [0, 0.1) is 5.92 Å². The number of hydrogen-bond donors (Lipinski definition) is 2. The second-order valence-electron chi connectivity index (χ2n) is 8.82. The number of phenolic OH excluding ortho intramolecular Hbond substituents is 1. The Morgan fingerprint density at radius 2 is 1.87 bits per heavy atom. The van der Waals surface area contributed by atoms with Crippen LogP contribution >= 0.6 is 0 Å². The van der Waals surface area contributed by atoms with Crippen LogP contribution in [-0.4, -0.2) is 34.1 Å². The molecule has 2 aromatic carbocycles. The van der Waals surface area contributed by atoms with E-state index in [-0.39, 0.29) is 11.4 Å². The van der Waals surface area contributed by atoms with Crippen LogP contribution in [-0.2, 0) is 4.74 Å². The molecule has 3 aromatic rings. The van der Waals surface area contributed by atoms with Gasteiger partial charge in [-0.25, -0.2) is 0 Å². The van der Waals surface area contributed by atoms with Crippen LogP contribution < -0.4 is 5.32 Å². The van der Waals surface area contributed by atoms with Gasteiger partial charge in [-0.2, -0.15) is 0 Å². The lowest BCUT2D eigenvalue weighted by molar-refractivity contribution is -0.0625. The predicted molar refractivity (Wildman–Crippen MR) is 120 cm³/mol. The van der Waals surface area contributed by atoms with Gasteiger partial charge in [0.1, 0.15) is 11.4 Å². The summed E-state index contributed by atoms with van der Waals surface area (Å²) < 4.78 is 5.55. The third-order valence-corrected chi connectivity index (χ3v) is 6.34. The van der Waals surface area contributed by atoms with Crippen molar-refractivity contribution in [3.05, 3.63) is 54.1 Å². The van der Waals surface area contributed by atoms with Gasteiger partial charge < -0.3 is 15.2 Å². The van der Waals surface area contributed by atoms with Crippen molar-refractivity contribution in [2.24, 2.45) is 5.92 Å². The second-order valence-corrected chi connectivity index (χ2v) is 8.82. The summed E-state index contributed by atoms with van der Waals surface area (Å²) in [4.78, 5) is 0. The van der Waals surface area contributed by atoms with E-state index in [4.69, 9.17) is 4.74 Å². The number of nitrogens with zero attached hydrogens (tertiary/aromatic N) is 2. The number of aromatic nitrogens is 2. The minimum absolute atomic E-state index is 0.0532. The van der Waals surface area contributed by atoms with Gasteiger partial charge in [0.05, 0.1) is 5.60 Å². The van der Waals surface area contributed by atoms with E-state index in [1.165, 1.54) is 12.8 Å².